The van der Waals surface area contributed by atoms with Gasteiger partial charge in [0.15, 0.2) is 0 Å². The van der Waals surface area contributed by atoms with Gasteiger partial charge < -0.3 is 21.7 Å². The summed E-state index contributed by atoms with van der Waals surface area (Å²) in [6.07, 6.45) is 0. The zero-order valence-electron chi connectivity index (χ0n) is 17.5. The summed E-state index contributed by atoms with van der Waals surface area (Å²) in [4.78, 5) is 0. The average molecular weight is 429 g/mol. The summed E-state index contributed by atoms with van der Waals surface area (Å²) in [5.74, 6) is 21.2. The maximum atomic E-state index is 5.30. The Morgan fingerprint density at radius 3 is 0.562 bits per heavy atom. The van der Waals surface area contributed by atoms with Crippen LogP contribution in [0.3, 0.4) is 0 Å². The number of hydrogen-bond donors (Lipinski definition) is 8. The molecule has 4 aromatic rings. The van der Waals surface area contributed by atoms with Gasteiger partial charge in [0.25, 0.3) is 0 Å². The van der Waals surface area contributed by atoms with Gasteiger partial charge in [-0.1, -0.05) is 48.5 Å². The Bertz CT molecular complexity index is 895. The van der Waals surface area contributed by atoms with Crippen LogP contribution in [0.4, 0.5) is 22.7 Å². The summed E-state index contributed by atoms with van der Waals surface area (Å²) in [5.41, 5.74) is 18.5. The van der Waals surface area contributed by atoms with Gasteiger partial charge in [0, 0.05) is 22.7 Å². The molecule has 4 aromatic carbocycles. The molecule has 0 unspecified atom stereocenters. The van der Waals surface area contributed by atoms with Gasteiger partial charge >= 0.3 is 0 Å². The van der Waals surface area contributed by atoms with E-state index in [9.17, 15) is 0 Å². The van der Waals surface area contributed by atoms with E-state index < -0.39 is 0 Å². The van der Waals surface area contributed by atoms with E-state index in [-0.39, 0.29) is 0 Å². The molecule has 0 radical (unpaired) electrons. The topological polar surface area (TPSA) is 152 Å². The van der Waals surface area contributed by atoms with Crippen LogP contribution in [0.15, 0.2) is 97.1 Å². The Morgan fingerprint density at radius 1 is 0.281 bits per heavy atom. The minimum Gasteiger partial charge on any atom is -0.324 e. The molecule has 0 saturated heterocycles. The second kappa shape index (κ2) is 11.3. The molecule has 4 rings (SSSR count). The molecule has 8 nitrogen and oxygen atoms in total. The van der Waals surface area contributed by atoms with Gasteiger partial charge in [0.2, 0.25) is 0 Å². The molecule has 164 valence electrons. The van der Waals surface area contributed by atoms with Crippen molar-refractivity contribution < 1.29 is 0 Å². The highest BCUT2D eigenvalue weighted by molar-refractivity contribution is 5.69. The van der Waals surface area contributed by atoms with Crippen LogP contribution in [0.5, 0.6) is 0 Å². The van der Waals surface area contributed by atoms with Crippen molar-refractivity contribution in [2.45, 2.75) is 0 Å². The number of nitrogens with one attached hydrogen (secondary N) is 4. The van der Waals surface area contributed by atoms with Crippen molar-refractivity contribution in [3.63, 3.8) is 0 Å². The van der Waals surface area contributed by atoms with Crippen molar-refractivity contribution in [3.05, 3.63) is 97.1 Å². The molecule has 0 bridgehead atoms. The molecule has 0 aliphatic heterocycles. The highest BCUT2D eigenvalue weighted by Crippen LogP contribution is 2.23. The Morgan fingerprint density at radius 2 is 0.438 bits per heavy atom. The first-order valence-corrected chi connectivity index (χ1v) is 9.94. The van der Waals surface area contributed by atoms with Crippen LogP contribution in [-0.2, 0) is 0 Å². The number of rotatable bonds is 6. The average Bonchev–Trinajstić information content (AvgIpc) is 2.89. The van der Waals surface area contributed by atoms with Crippen molar-refractivity contribution in [2.24, 2.45) is 23.4 Å². The van der Waals surface area contributed by atoms with Crippen LogP contribution in [-0.4, -0.2) is 0 Å². The number of hydrazine groups is 4. The van der Waals surface area contributed by atoms with Gasteiger partial charge in [-0.05, 0) is 70.8 Å². The third kappa shape index (κ3) is 5.97. The molecule has 8 heteroatoms. The van der Waals surface area contributed by atoms with Gasteiger partial charge in [-0.25, -0.2) is 0 Å². The fourth-order valence-electron chi connectivity index (χ4n) is 3.04. The van der Waals surface area contributed by atoms with Gasteiger partial charge in [-0.2, -0.15) is 0 Å². The zero-order valence-corrected chi connectivity index (χ0v) is 17.5. The van der Waals surface area contributed by atoms with E-state index in [2.05, 4.69) is 21.7 Å². The van der Waals surface area contributed by atoms with Crippen LogP contribution in [0.1, 0.15) is 0 Å². The van der Waals surface area contributed by atoms with E-state index in [1.165, 1.54) is 0 Å². The van der Waals surface area contributed by atoms with Gasteiger partial charge in [-0.15, -0.1) is 0 Å². The fourth-order valence-corrected chi connectivity index (χ4v) is 3.04. The van der Waals surface area contributed by atoms with Crippen molar-refractivity contribution in [1.82, 2.24) is 0 Å². The van der Waals surface area contributed by atoms with Crippen LogP contribution in [0.25, 0.3) is 22.3 Å². The second-order valence-corrected chi connectivity index (χ2v) is 6.89. The number of nitrogens with two attached hydrogens (primary N) is 4. The van der Waals surface area contributed by atoms with E-state index in [0.717, 1.165) is 45.0 Å². The normalized spacial score (nSPS) is 9.88. The monoisotopic (exact) mass is 428 g/mol. The van der Waals surface area contributed by atoms with Gasteiger partial charge in [-0.3, -0.25) is 23.4 Å². The van der Waals surface area contributed by atoms with Crippen LogP contribution in [0, 0.1) is 0 Å². The molecule has 0 atom stereocenters. The largest absolute Gasteiger partial charge is 0.324 e. The standard InChI is InChI=1S/2C12H14N4/c2*13-15-11-5-1-9(2-6-11)10-3-7-12(16-14)8-4-10/h2*1-8,15-16H,13-14H2. The summed E-state index contributed by atoms with van der Waals surface area (Å²) in [6.45, 7) is 0. The summed E-state index contributed by atoms with van der Waals surface area (Å²) in [6, 6.07) is 31.6. The van der Waals surface area contributed by atoms with E-state index in [1.54, 1.807) is 0 Å². The lowest BCUT2D eigenvalue weighted by atomic mass is 10.1. The van der Waals surface area contributed by atoms with Crippen molar-refractivity contribution in [1.29, 1.82) is 0 Å². The molecule has 32 heavy (non-hydrogen) atoms. The number of benzene rings is 4. The predicted octanol–water partition coefficient (Wildman–Crippen LogP) is 3.85. The highest BCUT2D eigenvalue weighted by Gasteiger charge is 1.98. The Hall–Kier alpha value is -4.08. The first kappa shape index (κ1) is 22.6. The molecule has 0 fully saturated rings. The fraction of sp³-hybridized carbons (Fsp3) is 0. The quantitative estimate of drug-likeness (QED) is 0.170. The maximum absolute atomic E-state index is 5.30. The molecular weight excluding hydrogens is 400 g/mol. The maximum Gasteiger partial charge on any atom is 0.0485 e. The lowest BCUT2D eigenvalue weighted by molar-refractivity contribution is 1.35. The molecule has 0 saturated carbocycles. The minimum atomic E-state index is 0.893. The zero-order chi connectivity index (χ0) is 22.8. The van der Waals surface area contributed by atoms with Crippen LogP contribution < -0.4 is 45.1 Å². The smallest absolute Gasteiger partial charge is 0.0485 e. The summed E-state index contributed by atoms with van der Waals surface area (Å²) in [5, 5.41) is 0. The lowest BCUT2D eigenvalue weighted by Crippen LogP contribution is -2.06. The van der Waals surface area contributed by atoms with E-state index in [4.69, 9.17) is 23.4 Å². The summed E-state index contributed by atoms with van der Waals surface area (Å²) in [7, 11) is 0. The van der Waals surface area contributed by atoms with Crippen LogP contribution in [0.2, 0.25) is 0 Å². The Balaban J connectivity index is 0.000000181. The summed E-state index contributed by atoms with van der Waals surface area (Å²) < 4.78 is 0. The van der Waals surface area contributed by atoms with Gasteiger partial charge in [0.1, 0.15) is 0 Å². The summed E-state index contributed by atoms with van der Waals surface area (Å²) >= 11 is 0. The molecule has 0 heterocycles. The van der Waals surface area contributed by atoms with E-state index >= 15 is 0 Å². The molecule has 0 spiro atoms. The first-order chi connectivity index (χ1) is 15.7. The number of hydrogen-bond acceptors (Lipinski definition) is 8. The highest BCUT2D eigenvalue weighted by atomic mass is 15.2. The Labute approximate surface area is 187 Å². The predicted molar refractivity (Wildman–Crippen MR) is 135 cm³/mol. The third-order valence-electron chi connectivity index (χ3n) is 4.87. The van der Waals surface area contributed by atoms with Crippen molar-refractivity contribution >= 4 is 22.7 Å². The lowest BCUT2D eigenvalue weighted by Gasteiger charge is -2.05. The molecule has 12 N–H and O–H groups in total. The minimum absolute atomic E-state index is 0.893. The van der Waals surface area contributed by atoms with E-state index in [1.807, 2.05) is 97.1 Å². The molecule has 0 amide bonds. The van der Waals surface area contributed by atoms with E-state index in [0.29, 0.717) is 0 Å². The van der Waals surface area contributed by atoms with Crippen molar-refractivity contribution in [2.75, 3.05) is 21.7 Å². The third-order valence-corrected chi connectivity index (χ3v) is 4.87. The first-order valence-electron chi connectivity index (χ1n) is 9.94. The SMILES string of the molecule is NNc1ccc(-c2ccc(NN)cc2)cc1.NNc1ccc(-c2ccc(NN)cc2)cc1. The number of anilines is 4. The van der Waals surface area contributed by atoms with Gasteiger partial charge in [0.05, 0.1) is 0 Å². The molecule has 0 aromatic heterocycles. The van der Waals surface area contributed by atoms with Crippen LogP contribution >= 0.6 is 0 Å². The number of nitrogen functional groups attached to an aromatic ring is 4. The Kier molecular flexibility index (Phi) is 8.02. The van der Waals surface area contributed by atoms with Crippen molar-refractivity contribution in [3.8, 4) is 22.3 Å². The second-order valence-electron chi connectivity index (χ2n) is 6.89. The molecule has 0 aliphatic rings. The molecular formula is C24H28N8. The molecule has 0 aliphatic carbocycles.